The number of likely N-dealkylation sites (tertiary alicyclic amines) is 1. The van der Waals surface area contributed by atoms with Crippen molar-refractivity contribution in [2.75, 3.05) is 32.1 Å². The average Bonchev–Trinajstić information content (AvgIpc) is 3.10. The Balaban J connectivity index is 1.53. The van der Waals surface area contributed by atoms with Crippen molar-refractivity contribution >= 4 is 32.6 Å². The van der Waals surface area contributed by atoms with E-state index in [4.69, 9.17) is 4.74 Å². The van der Waals surface area contributed by atoms with Crippen molar-refractivity contribution in [3.63, 3.8) is 0 Å². The van der Waals surface area contributed by atoms with Crippen LogP contribution < -0.4 is 10.1 Å². The Labute approximate surface area is 168 Å². The molecule has 1 amide bonds. The van der Waals surface area contributed by atoms with Gasteiger partial charge in [-0.25, -0.2) is 9.97 Å². The van der Waals surface area contributed by atoms with Crippen LogP contribution >= 0.6 is 11.3 Å². The molecule has 0 spiro atoms. The van der Waals surface area contributed by atoms with Gasteiger partial charge in [0.15, 0.2) is 5.13 Å². The Bertz CT molecular complexity index is 987. The minimum Gasteiger partial charge on any atom is -0.478 e. The molecule has 0 unspecified atom stereocenters. The van der Waals surface area contributed by atoms with Crippen molar-refractivity contribution < 1.29 is 9.53 Å². The third kappa shape index (κ3) is 4.15. The number of hydrogen-bond donors (Lipinski definition) is 1. The Morgan fingerprint density at radius 2 is 2.18 bits per heavy atom. The van der Waals surface area contributed by atoms with E-state index in [2.05, 4.69) is 33.3 Å². The molecule has 0 aliphatic carbocycles. The summed E-state index contributed by atoms with van der Waals surface area (Å²) in [6.45, 7) is 4.40. The lowest BCUT2D eigenvalue weighted by atomic mass is 9.98. The summed E-state index contributed by atoms with van der Waals surface area (Å²) in [7, 11) is 2.06. The molecule has 4 rings (SSSR count). The van der Waals surface area contributed by atoms with Gasteiger partial charge in [-0.3, -0.25) is 4.79 Å². The number of pyridine rings is 1. The fraction of sp³-hybridized carbons (Fsp3) is 0.381. The summed E-state index contributed by atoms with van der Waals surface area (Å²) < 4.78 is 6.54. The van der Waals surface area contributed by atoms with Gasteiger partial charge < -0.3 is 15.0 Å². The Kier molecular flexibility index (Phi) is 5.54. The summed E-state index contributed by atoms with van der Waals surface area (Å²) in [5.74, 6) is 0.728. The lowest BCUT2D eigenvalue weighted by Crippen LogP contribution is -2.38. The maximum absolute atomic E-state index is 12.6. The van der Waals surface area contributed by atoms with Crippen LogP contribution in [0.5, 0.6) is 5.88 Å². The zero-order valence-electron chi connectivity index (χ0n) is 16.1. The number of rotatable bonds is 5. The molecule has 1 fully saturated rings. The first kappa shape index (κ1) is 18.8. The third-order valence-corrected chi connectivity index (χ3v) is 5.91. The molecule has 2 aromatic heterocycles. The average molecular weight is 397 g/mol. The van der Waals surface area contributed by atoms with E-state index >= 15 is 0 Å². The maximum atomic E-state index is 12.6. The number of carbonyl (C=O) groups is 1. The van der Waals surface area contributed by atoms with E-state index in [0.29, 0.717) is 17.6 Å². The van der Waals surface area contributed by atoms with E-state index in [-0.39, 0.29) is 11.8 Å². The van der Waals surface area contributed by atoms with Gasteiger partial charge in [-0.05, 0) is 62.7 Å². The molecule has 1 aliphatic rings. The molecule has 1 aliphatic heterocycles. The maximum Gasteiger partial charge on any atom is 0.230 e. The van der Waals surface area contributed by atoms with Crippen LogP contribution in [0.1, 0.15) is 19.8 Å². The summed E-state index contributed by atoms with van der Waals surface area (Å²) in [5.41, 5.74) is 3.01. The summed E-state index contributed by atoms with van der Waals surface area (Å²) in [4.78, 5) is 23.6. The lowest BCUT2D eigenvalue weighted by Gasteiger charge is -2.28. The van der Waals surface area contributed by atoms with E-state index in [1.54, 1.807) is 6.20 Å². The first-order chi connectivity index (χ1) is 13.6. The second-order valence-corrected chi connectivity index (χ2v) is 8.14. The summed E-state index contributed by atoms with van der Waals surface area (Å²) in [6.07, 6.45) is 3.76. The van der Waals surface area contributed by atoms with Crippen LogP contribution in [-0.4, -0.2) is 47.5 Å². The highest BCUT2D eigenvalue weighted by Crippen LogP contribution is 2.31. The van der Waals surface area contributed by atoms with Gasteiger partial charge in [-0.2, -0.15) is 0 Å². The molecule has 0 bridgehead atoms. The Morgan fingerprint density at radius 1 is 1.32 bits per heavy atom. The minimum absolute atomic E-state index is 0.0372. The second kappa shape index (κ2) is 8.24. The first-order valence-electron chi connectivity index (χ1n) is 9.61. The number of fused-ring (bicyclic) bond motifs is 1. The SMILES string of the molecule is CCOc1cc(-c2ccc3nc(NC(=O)[C@H]4CCCN(C)C4)sc3c2)ccn1. The van der Waals surface area contributed by atoms with Gasteiger partial charge in [0.05, 0.1) is 22.7 Å². The number of carbonyl (C=O) groups excluding carboxylic acids is 1. The van der Waals surface area contributed by atoms with E-state index in [9.17, 15) is 4.79 Å². The zero-order chi connectivity index (χ0) is 19.5. The van der Waals surface area contributed by atoms with E-state index < -0.39 is 0 Å². The molecule has 28 heavy (non-hydrogen) atoms. The van der Waals surface area contributed by atoms with Gasteiger partial charge in [-0.1, -0.05) is 17.4 Å². The van der Waals surface area contributed by atoms with E-state index in [0.717, 1.165) is 47.3 Å². The van der Waals surface area contributed by atoms with Crippen molar-refractivity contribution in [2.45, 2.75) is 19.8 Å². The van der Waals surface area contributed by atoms with Gasteiger partial charge in [0.2, 0.25) is 11.8 Å². The Morgan fingerprint density at radius 3 is 3.00 bits per heavy atom. The van der Waals surface area contributed by atoms with Crippen molar-refractivity contribution in [3.8, 4) is 17.0 Å². The van der Waals surface area contributed by atoms with Crippen molar-refractivity contribution in [2.24, 2.45) is 5.92 Å². The van der Waals surface area contributed by atoms with Crippen LogP contribution in [0.3, 0.4) is 0 Å². The topological polar surface area (TPSA) is 67.3 Å². The molecule has 146 valence electrons. The van der Waals surface area contributed by atoms with Gasteiger partial charge in [0.25, 0.3) is 0 Å². The standard InChI is InChI=1S/C21H24N4O2S/c1-3-27-19-12-15(8-9-22-19)14-6-7-17-18(11-14)28-21(23-17)24-20(26)16-5-4-10-25(2)13-16/h6-9,11-12,16H,3-5,10,13H2,1-2H3,(H,23,24,26)/t16-/m0/s1. The van der Waals surface area contributed by atoms with Crippen molar-refractivity contribution in [3.05, 3.63) is 36.5 Å². The van der Waals surface area contributed by atoms with Gasteiger partial charge >= 0.3 is 0 Å². The van der Waals surface area contributed by atoms with Crippen LogP contribution in [-0.2, 0) is 4.79 Å². The predicted octanol–water partition coefficient (Wildman–Crippen LogP) is 4.04. The molecule has 0 saturated carbocycles. The summed E-state index contributed by atoms with van der Waals surface area (Å²) in [5, 5.41) is 3.68. The number of anilines is 1. The molecule has 1 aromatic carbocycles. The smallest absolute Gasteiger partial charge is 0.230 e. The van der Waals surface area contributed by atoms with Crippen LogP contribution in [0.25, 0.3) is 21.3 Å². The van der Waals surface area contributed by atoms with Crippen molar-refractivity contribution in [1.29, 1.82) is 0 Å². The predicted molar refractivity (Wildman–Crippen MR) is 113 cm³/mol. The first-order valence-corrected chi connectivity index (χ1v) is 10.4. The quantitative estimate of drug-likeness (QED) is 0.705. The largest absolute Gasteiger partial charge is 0.478 e. The fourth-order valence-electron chi connectivity index (χ4n) is 3.56. The number of ether oxygens (including phenoxy) is 1. The number of amides is 1. The number of benzene rings is 1. The van der Waals surface area contributed by atoms with Gasteiger partial charge in [0, 0.05) is 18.8 Å². The summed E-state index contributed by atoms with van der Waals surface area (Å²) >= 11 is 1.51. The summed E-state index contributed by atoms with van der Waals surface area (Å²) in [6, 6.07) is 10.0. The molecule has 0 radical (unpaired) electrons. The molecule has 1 atom stereocenters. The number of nitrogens with one attached hydrogen (secondary N) is 1. The normalized spacial score (nSPS) is 17.6. The highest BCUT2D eigenvalue weighted by Gasteiger charge is 2.24. The number of hydrogen-bond acceptors (Lipinski definition) is 6. The van der Waals surface area contributed by atoms with Crippen molar-refractivity contribution in [1.82, 2.24) is 14.9 Å². The Hall–Kier alpha value is -2.51. The molecule has 3 aromatic rings. The molecule has 1 N–H and O–H groups in total. The molecule has 6 nitrogen and oxygen atoms in total. The second-order valence-electron chi connectivity index (χ2n) is 7.11. The monoisotopic (exact) mass is 396 g/mol. The molecular weight excluding hydrogens is 372 g/mol. The van der Waals surface area contributed by atoms with E-state index in [1.165, 1.54) is 11.3 Å². The van der Waals surface area contributed by atoms with Crippen LogP contribution in [0.2, 0.25) is 0 Å². The minimum atomic E-state index is 0.0372. The molecule has 1 saturated heterocycles. The number of nitrogens with zero attached hydrogens (tertiary/aromatic N) is 3. The van der Waals surface area contributed by atoms with Crippen LogP contribution in [0.4, 0.5) is 5.13 Å². The van der Waals surface area contributed by atoms with E-state index in [1.807, 2.05) is 31.2 Å². The zero-order valence-corrected chi connectivity index (χ0v) is 17.0. The fourth-order valence-corrected chi connectivity index (χ4v) is 4.47. The number of piperidine rings is 1. The highest BCUT2D eigenvalue weighted by molar-refractivity contribution is 7.22. The highest BCUT2D eigenvalue weighted by atomic mass is 32.1. The molecular formula is C21H24N4O2S. The molecule has 7 heteroatoms. The number of thiazole rings is 1. The van der Waals surface area contributed by atoms with Gasteiger partial charge in [-0.15, -0.1) is 0 Å². The third-order valence-electron chi connectivity index (χ3n) is 4.97. The molecule has 3 heterocycles. The van der Waals surface area contributed by atoms with Crippen LogP contribution in [0, 0.1) is 5.92 Å². The lowest BCUT2D eigenvalue weighted by molar-refractivity contribution is -0.121. The van der Waals surface area contributed by atoms with Crippen LogP contribution in [0.15, 0.2) is 36.5 Å². The number of aromatic nitrogens is 2. The van der Waals surface area contributed by atoms with Gasteiger partial charge in [0.1, 0.15) is 0 Å².